The fraction of sp³-hybridized carbons (Fsp3) is 0.889. The molecule has 0 spiro atoms. The van der Waals surface area contributed by atoms with E-state index in [9.17, 15) is 4.79 Å². The van der Waals surface area contributed by atoms with Gasteiger partial charge in [-0.05, 0) is 25.8 Å². The van der Waals surface area contributed by atoms with E-state index in [1.54, 1.807) is 0 Å². The summed E-state index contributed by atoms with van der Waals surface area (Å²) in [4.78, 5) is 13.2. The monoisotopic (exact) mass is 171 g/mol. The molecular formula is C9H17NO2. The Kier molecular flexibility index (Phi) is 3.53. The number of nitrogens with zero attached hydrogens (tertiary/aromatic N) is 1. The van der Waals surface area contributed by atoms with Crippen molar-refractivity contribution in [3.05, 3.63) is 0 Å². The first-order valence-electron chi connectivity index (χ1n) is 4.58. The highest BCUT2D eigenvalue weighted by atomic mass is 16.5. The summed E-state index contributed by atoms with van der Waals surface area (Å²) in [5.74, 6) is -0.115. The number of esters is 1. The van der Waals surface area contributed by atoms with Gasteiger partial charge in [0.25, 0.3) is 0 Å². The average molecular weight is 171 g/mol. The Bertz CT molecular complexity index is 159. The number of hydrogen-bond acceptors (Lipinski definition) is 3. The molecule has 3 nitrogen and oxygen atoms in total. The topological polar surface area (TPSA) is 29.5 Å². The van der Waals surface area contributed by atoms with Crippen LogP contribution in [-0.4, -0.2) is 37.1 Å². The Labute approximate surface area is 73.7 Å². The smallest absolute Gasteiger partial charge is 0.319 e. The summed E-state index contributed by atoms with van der Waals surface area (Å²) < 4.78 is 4.62. The number of carbonyl (C=O) groups is 1. The molecule has 1 aliphatic rings. The molecule has 1 atom stereocenters. The van der Waals surface area contributed by atoms with Crippen molar-refractivity contribution in [1.82, 2.24) is 4.90 Å². The molecule has 70 valence electrons. The maximum absolute atomic E-state index is 11.0. The highest BCUT2D eigenvalue weighted by Gasteiger charge is 2.24. The highest BCUT2D eigenvalue weighted by Crippen LogP contribution is 2.18. The van der Waals surface area contributed by atoms with E-state index in [0.29, 0.717) is 12.6 Å². The highest BCUT2D eigenvalue weighted by molar-refractivity contribution is 5.71. The first-order valence-corrected chi connectivity index (χ1v) is 4.58. The molecular weight excluding hydrogens is 154 g/mol. The largest absolute Gasteiger partial charge is 0.468 e. The molecule has 3 heteroatoms. The molecule has 0 saturated carbocycles. The summed E-state index contributed by atoms with van der Waals surface area (Å²) in [7, 11) is 1.44. The minimum absolute atomic E-state index is 0.115. The summed E-state index contributed by atoms with van der Waals surface area (Å²) >= 11 is 0. The zero-order valence-electron chi connectivity index (χ0n) is 7.88. The number of carbonyl (C=O) groups excluding carboxylic acids is 1. The third kappa shape index (κ3) is 2.21. The molecule has 0 amide bonds. The molecule has 0 aromatic heterocycles. The van der Waals surface area contributed by atoms with Gasteiger partial charge in [0.05, 0.1) is 13.7 Å². The molecule has 1 aliphatic heterocycles. The van der Waals surface area contributed by atoms with E-state index in [2.05, 4.69) is 16.6 Å². The molecule has 1 heterocycles. The maximum Gasteiger partial charge on any atom is 0.319 e. The fourth-order valence-corrected chi connectivity index (χ4v) is 1.80. The zero-order valence-corrected chi connectivity index (χ0v) is 7.88. The van der Waals surface area contributed by atoms with Crippen molar-refractivity contribution in [2.24, 2.45) is 0 Å². The van der Waals surface area contributed by atoms with Crippen LogP contribution in [0.3, 0.4) is 0 Å². The van der Waals surface area contributed by atoms with Gasteiger partial charge in [-0.15, -0.1) is 0 Å². The van der Waals surface area contributed by atoms with E-state index < -0.39 is 0 Å². The van der Waals surface area contributed by atoms with Crippen molar-refractivity contribution in [3.63, 3.8) is 0 Å². The summed E-state index contributed by atoms with van der Waals surface area (Å²) in [5.41, 5.74) is 0. The van der Waals surface area contributed by atoms with E-state index in [1.807, 2.05) is 0 Å². The van der Waals surface area contributed by atoms with E-state index in [-0.39, 0.29) is 5.97 Å². The molecule has 12 heavy (non-hydrogen) atoms. The van der Waals surface area contributed by atoms with Crippen LogP contribution in [0.1, 0.15) is 26.2 Å². The molecule has 0 bridgehead atoms. The Morgan fingerprint density at radius 3 is 3.00 bits per heavy atom. The number of methoxy groups -OCH3 is 1. The van der Waals surface area contributed by atoms with Gasteiger partial charge in [0.1, 0.15) is 0 Å². The van der Waals surface area contributed by atoms with Crippen LogP contribution in [0, 0.1) is 0 Å². The van der Waals surface area contributed by atoms with Gasteiger partial charge in [-0.25, -0.2) is 0 Å². The van der Waals surface area contributed by atoms with Crippen molar-refractivity contribution in [2.75, 3.05) is 20.2 Å². The lowest BCUT2D eigenvalue weighted by Crippen LogP contribution is -2.34. The molecule has 0 N–H and O–H groups in total. The molecule has 1 rings (SSSR count). The second-order valence-electron chi connectivity index (χ2n) is 3.25. The first-order chi connectivity index (χ1) is 5.77. The van der Waals surface area contributed by atoms with Gasteiger partial charge in [0.2, 0.25) is 0 Å². The van der Waals surface area contributed by atoms with E-state index in [1.165, 1.54) is 20.0 Å². The second kappa shape index (κ2) is 4.45. The van der Waals surface area contributed by atoms with Crippen LogP contribution in [-0.2, 0) is 9.53 Å². The number of likely N-dealkylation sites (tertiary alicyclic amines) is 1. The lowest BCUT2D eigenvalue weighted by atomic mass is 10.2. The predicted octanol–water partition coefficient (Wildman–Crippen LogP) is 1.03. The summed E-state index contributed by atoms with van der Waals surface area (Å²) in [5, 5.41) is 0. The second-order valence-corrected chi connectivity index (χ2v) is 3.25. The molecule has 1 fully saturated rings. The summed E-state index contributed by atoms with van der Waals surface area (Å²) in [6.07, 6.45) is 3.58. The molecule has 0 aliphatic carbocycles. The molecule has 0 aromatic carbocycles. The van der Waals surface area contributed by atoms with E-state index in [0.717, 1.165) is 13.0 Å². The molecule has 0 radical (unpaired) electrons. The van der Waals surface area contributed by atoms with Crippen LogP contribution in [0.25, 0.3) is 0 Å². The van der Waals surface area contributed by atoms with Crippen molar-refractivity contribution in [2.45, 2.75) is 32.2 Å². The van der Waals surface area contributed by atoms with Crippen molar-refractivity contribution < 1.29 is 9.53 Å². The maximum atomic E-state index is 11.0. The van der Waals surface area contributed by atoms with Gasteiger partial charge >= 0.3 is 5.97 Å². The van der Waals surface area contributed by atoms with E-state index in [4.69, 9.17) is 0 Å². The quantitative estimate of drug-likeness (QED) is 0.594. The standard InChI is InChI=1S/C9H17NO2/c1-3-8-5-4-6-10(8)7-9(11)12-2/h8H,3-7H2,1-2H3. The van der Waals surface area contributed by atoms with Crippen molar-refractivity contribution >= 4 is 5.97 Å². The third-order valence-electron chi connectivity index (χ3n) is 2.53. The van der Waals surface area contributed by atoms with Crippen LogP contribution < -0.4 is 0 Å². The molecule has 0 aromatic rings. The van der Waals surface area contributed by atoms with Crippen LogP contribution in [0.15, 0.2) is 0 Å². The van der Waals surface area contributed by atoms with Gasteiger partial charge in [-0.1, -0.05) is 6.92 Å². The average Bonchev–Trinajstić information content (AvgIpc) is 2.51. The lowest BCUT2D eigenvalue weighted by molar-refractivity contribution is -0.142. The summed E-state index contributed by atoms with van der Waals surface area (Å²) in [6.45, 7) is 3.68. The molecule has 1 saturated heterocycles. The van der Waals surface area contributed by atoms with E-state index >= 15 is 0 Å². The minimum atomic E-state index is -0.115. The Morgan fingerprint density at radius 2 is 2.42 bits per heavy atom. The lowest BCUT2D eigenvalue weighted by Gasteiger charge is -2.21. The van der Waals surface area contributed by atoms with Gasteiger partial charge in [-0.3, -0.25) is 9.69 Å². The van der Waals surface area contributed by atoms with Gasteiger partial charge in [-0.2, -0.15) is 0 Å². The van der Waals surface area contributed by atoms with Gasteiger partial charge in [0, 0.05) is 6.04 Å². The number of ether oxygens (including phenoxy) is 1. The zero-order chi connectivity index (χ0) is 8.97. The Morgan fingerprint density at radius 1 is 1.67 bits per heavy atom. The third-order valence-corrected chi connectivity index (χ3v) is 2.53. The van der Waals surface area contributed by atoms with Crippen LogP contribution in [0.5, 0.6) is 0 Å². The van der Waals surface area contributed by atoms with Crippen molar-refractivity contribution in [3.8, 4) is 0 Å². The fourth-order valence-electron chi connectivity index (χ4n) is 1.80. The SMILES string of the molecule is CCC1CCCN1CC(=O)OC. The molecule has 1 unspecified atom stereocenters. The predicted molar refractivity (Wildman–Crippen MR) is 46.9 cm³/mol. The normalized spacial score (nSPS) is 24.3. The Balaban J connectivity index is 2.35. The first kappa shape index (κ1) is 9.52. The van der Waals surface area contributed by atoms with Crippen molar-refractivity contribution in [1.29, 1.82) is 0 Å². The van der Waals surface area contributed by atoms with Crippen LogP contribution in [0.4, 0.5) is 0 Å². The van der Waals surface area contributed by atoms with Crippen LogP contribution >= 0.6 is 0 Å². The van der Waals surface area contributed by atoms with Gasteiger partial charge < -0.3 is 4.74 Å². The Hall–Kier alpha value is -0.570. The van der Waals surface area contributed by atoms with Crippen LogP contribution in [0.2, 0.25) is 0 Å². The van der Waals surface area contributed by atoms with Gasteiger partial charge in [0.15, 0.2) is 0 Å². The number of hydrogen-bond donors (Lipinski definition) is 0. The minimum Gasteiger partial charge on any atom is -0.468 e. The number of rotatable bonds is 3. The summed E-state index contributed by atoms with van der Waals surface area (Å²) in [6, 6.07) is 0.601.